The summed E-state index contributed by atoms with van der Waals surface area (Å²) in [5, 5.41) is 4.92. The third-order valence-corrected chi connectivity index (χ3v) is 2.99. The smallest absolute Gasteiger partial charge is 0.132 e. The van der Waals surface area contributed by atoms with E-state index in [9.17, 15) is 0 Å². The quantitative estimate of drug-likeness (QED) is 0.760. The molecule has 0 fully saturated rings. The predicted molar refractivity (Wildman–Crippen MR) is 66.7 cm³/mol. The molecule has 0 N–H and O–H groups in total. The molecule has 4 heteroatoms. The zero-order valence-electron chi connectivity index (χ0n) is 10.8. The van der Waals surface area contributed by atoms with Crippen LogP contribution in [0.2, 0.25) is 5.15 Å². The molecule has 16 heavy (non-hydrogen) atoms. The number of rotatable bonds is 4. The van der Waals surface area contributed by atoms with Crippen LogP contribution < -0.4 is 0 Å². The largest absolute Gasteiger partial charge is 0.377 e. The van der Waals surface area contributed by atoms with Gasteiger partial charge in [-0.3, -0.25) is 4.68 Å². The van der Waals surface area contributed by atoms with Gasteiger partial charge in [-0.2, -0.15) is 5.10 Å². The second kappa shape index (κ2) is 5.19. The van der Waals surface area contributed by atoms with Crippen LogP contribution in [0.3, 0.4) is 0 Å². The van der Waals surface area contributed by atoms with E-state index >= 15 is 0 Å². The van der Waals surface area contributed by atoms with Crippen molar-refractivity contribution in [3.05, 3.63) is 16.4 Å². The number of nitrogens with zero attached hydrogens (tertiary/aromatic N) is 2. The first kappa shape index (κ1) is 13.5. The second-order valence-electron chi connectivity index (χ2n) is 5.34. The highest BCUT2D eigenvalue weighted by Crippen LogP contribution is 2.21. The summed E-state index contributed by atoms with van der Waals surface area (Å²) in [5.41, 5.74) is 2.26. The van der Waals surface area contributed by atoms with Crippen LogP contribution in [0.15, 0.2) is 0 Å². The molecule has 0 aliphatic rings. The molecule has 0 bridgehead atoms. The van der Waals surface area contributed by atoms with Crippen molar-refractivity contribution in [1.29, 1.82) is 0 Å². The lowest BCUT2D eigenvalue weighted by atomic mass is 9.93. The number of aryl methyl sites for hydroxylation is 2. The van der Waals surface area contributed by atoms with Gasteiger partial charge in [-0.25, -0.2) is 0 Å². The average molecular weight is 245 g/mol. The Hall–Kier alpha value is -0.540. The zero-order valence-corrected chi connectivity index (χ0v) is 11.6. The van der Waals surface area contributed by atoms with Crippen LogP contribution >= 0.6 is 11.6 Å². The molecular weight excluding hydrogens is 224 g/mol. The number of hydrogen-bond donors (Lipinski definition) is 0. The SMILES string of the molecule is Cc1nn(C)c(Cl)c1COCCC(C)(C)C. The van der Waals surface area contributed by atoms with Gasteiger partial charge in [0.15, 0.2) is 0 Å². The van der Waals surface area contributed by atoms with E-state index in [0.717, 1.165) is 24.3 Å². The van der Waals surface area contributed by atoms with Gasteiger partial charge in [0.25, 0.3) is 0 Å². The highest BCUT2D eigenvalue weighted by atomic mass is 35.5. The van der Waals surface area contributed by atoms with Crippen molar-refractivity contribution in [1.82, 2.24) is 9.78 Å². The van der Waals surface area contributed by atoms with E-state index in [4.69, 9.17) is 16.3 Å². The summed E-state index contributed by atoms with van der Waals surface area (Å²) in [6, 6.07) is 0. The van der Waals surface area contributed by atoms with Crippen molar-refractivity contribution >= 4 is 11.6 Å². The van der Waals surface area contributed by atoms with Crippen LogP contribution in [0.1, 0.15) is 38.4 Å². The number of ether oxygens (including phenoxy) is 1. The van der Waals surface area contributed by atoms with E-state index in [1.165, 1.54) is 0 Å². The van der Waals surface area contributed by atoms with Crippen LogP contribution in [-0.4, -0.2) is 16.4 Å². The zero-order chi connectivity index (χ0) is 12.3. The molecule has 0 saturated heterocycles. The van der Waals surface area contributed by atoms with E-state index in [1.807, 2.05) is 14.0 Å². The lowest BCUT2D eigenvalue weighted by Crippen LogP contribution is -2.09. The topological polar surface area (TPSA) is 27.1 Å². The Balaban J connectivity index is 2.43. The minimum Gasteiger partial charge on any atom is -0.377 e. The molecule has 0 aromatic carbocycles. The molecule has 0 radical (unpaired) electrons. The maximum atomic E-state index is 6.10. The summed E-state index contributed by atoms with van der Waals surface area (Å²) < 4.78 is 7.31. The monoisotopic (exact) mass is 244 g/mol. The van der Waals surface area contributed by atoms with Gasteiger partial charge < -0.3 is 4.74 Å². The van der Waals surface area contributed by atoms with Gasteiger partial charge in [0, 0.05) is 19.2 Å². The van der Waals surface area contributed by atoms with Crippen molar-refractivity contribution < 1.29 is 4.74 Å². The lowest BCUT2D eigenvalue weighted by Gasteiger charge is -2.17. The normalized spacial score (nSPS) is 12.1. The minimum absolute atomic E-state index is 0.313. The fourth-order valence-electron chi connectivity index (χ4n) is 1.39. The Morgan fingerprint density at radius 2 is 2.00 bits per heavy atom. The second-order valence-corrected chi connectivity index (χ2v) is 5.70. The first-order valence-corrected chi connectivity index (χ1v) is 5.95. The lowest BCUT2D eigenvalue weighted by molar-refractivity contribution is 0.0959. The van der Waals surface area contributed by atoms with Gasteiger partial charge in [0.2, 0.25) is 0 Å². The standard InChI is InChI=1S/C12H21ClN2O/c1-9-10(11(13)15(5)14-9)8-16-7-6-12(2,3)4/h6-8H2,1-5H3. The summed E-state index contributed by atoms with van der Waals surface area (Å²) in [4.78, 5) is 0. The first-order chi connectivity index (χ1) is 7.31. The fraction of sp³-hybridized carbons (Fsp3) is 0.750. The molecule has 0 spiro atoms. The van der Waals surface area contributed by atoms with Crippen molar-refractivity contribution in [3.8, 4) is 0 Å². The summed E-state index contributed by atoms with van der Waals surface area (Å²) in [6.45, 7) is 9.88. The highest BCUT2D eigenvalue weighted by molar-refractivity contribution is 6.30. The van der Waals surface area contributed by atoms with Crippen molar-refractivity contribution in [2.45, 2.75) is 40.7 Å². The maximum absolute atomic E-state index is 6.10. The number of aromatic nitrogens is 2. The molecule has 1 rings (SSSR count). The molecule has 1 aromatic rings. The maximum Gasteiger partial charge on any atom is 0.132 e. The Kier molecular flexibility index (Phi) is 4.39. The summed E-state index contributed by atoms with van der Waals surface area (Å²) in [5.74, 6) is 0. The average Bonchev–Trinajstić information content (AvgIpc) is 2.36. The highest BCUT2D eigenvalue weighted by Gasteiger charge is 2.13. The fourth-order valence-corrected chi connectivity index (χ4v) is 1.62. The molecule has 0 aliphatic carbocycles. The van der Waals surface area contributed by atoms with Crippen molar-refractivity contribution in [2.24, 2.45) is 12.5 Å². The Morgan fingerprint density at radius 3 is 2.44 bits per heavy atom. The van der Waals surface area contributed by atoms with Crippen LogP contribution in [-0.2, 0) is 18.4 Å². The van der Waals surface area contributed by atoms with Crippen LogP contribution in [0.25, 0.3) is 0 Å². The Labute approximate surface area is 103 Å². The van der Waals surface area contributed by atoms with Crippen molar-refractivity contribution in [3.63, 3.8) is 0 Å². The van der Waals surface area contributed by atoms with E-state index in [1.54, 1.807) is 4.68 Å². The van der Waals surface area contributed by atoms with Gasteiger partial charge in [-0.1, -0.05) is 32.4 Å². The van der Waals surface area contributed by atoms with Crippen LogP contribution in [0.4, 0.5) is 0 Å². The van der Waals surface area contributed by atoms with E-state index in [2.05, 4.69) is 25.9 Å². The first-order valence-electron chi connectivity index (χ1n) is 5.57. The van der Waals surface area contributed by atoms with Crippen LogP contribution in [0.5, 0.6) is 0 Å². The Morgan fingerprint density at radius 1 is 1.38 bits per heavy atom. The van der Waals surface area contributed by atoms with Gasteiger partial charge in [-0.05, 0) is 18.8 Å². The van der Waals surface area contributed by atoms with Gasteiger partial charge in [-0.15, -0.1) is 0 Å². The molecule has 0 aliphatic heterocycles. The third kappa shape index (κ3) is 3.80. The van der Waals surface area contributed by atoms with Gasteiger partial charge in [0.05, 0.1) is 12.3 Å². The Bertz CT molecular complexity index is 353. The molecular formula is C12H21ClN2O. The van der Waals surface area contributed by atoms with E-state index < -0.39 is 0 Å². The third-order valence-electron chi connectivity index (χ3n) is 2.51. The number of halogens is 1. The van der Waals surface area contributed by atoms with E-state index in [0.29, 0.717) is 17.2 Å². The summed E-state index contributed by atoms with van der Waals surface area (Å²) >= 11 is 6.10. The molecule has 0 unspecified atom stereocenters. The van der Waals surface area contributed by atoms with Gasteiger partial charge in [0.1, 0.15) is 5.15 Å². The minimum atomic E-state index is 0.313. The predicted octanol–water partition coefficient (Wildman–Crippen LogP) is 3.33. The molecule has 1 heterocycles. The molecule has 92 valence electrons. The van der Waals surface area contributed by atoms with Gasteiger partial charge >= 0.3 is 0 Å². The summed E-state index contributed by atoms with van der Waals surface area (Å²) in [6.07, 6.45) is 1.05. The molecule has 1 aromatic heterocycles. The summed E-state index contributed by atoms with van der Waals surface area (Å²) in [7, 11) is 1.84. The molecule has 0 atom stereocenters. The van der Waals surface area contributed by atoms with E-state index in [-0.39, 0.29) is 0 Å². The number of hydrogen-bond acceptors (Lipinski definition) is 2. The van der Waals surface area contributed by atoms with Crippen molar-refractivity contribution in [2.75, 3.05) is 6.61 Å². The molecule has 3 nitrogen and oxygen atoms in total. The van der Waals surface area contributed by atoms with Crippen LogP contribution in [0, 0.1) is 12.3 Å². The molecule has 0 amide bonds. The molecule has 0 saturated carbocycles.